The molecule has 0 saturated carbocycles. The maximum absolute atomic E-state index is 9.08. The maximum atomic E-state index is 9.08. The molecular weight excluding hydrogens is 164 g/mol. The normalized spacial score (nSPS) is 14.4. The largest absolute Gasteiger partial charge is 0.395 e. The van der Waals surface area contributed by atoms with Crippen LogP contribution in [0, 0.1) is 17.8 Å². The molecule has 1 heterocycles. The number of nitrogens with one attached hydrogen (secondary N) is 1. The van der Waals surface area contributed by atoms with Crippen LogP contribution in [0.2, 0.25) is 0 Å². The molecule has 3 nitrogen and oxygen atoms in total. The van der Waals surface area contributed by atoms with Crippen molar-refractivity contribution in [3.05, 3.63) is 18.2 Å². The fraction of sp³-hybridized carbons (Fsp3) is 0.500. The van der Waals surface area contributed by atoms with Crippen molar-refractivity contribution >= 4 is 0 Å². The predicted molar refractivity (Wildman–Crippen MR) is 51.0 cm³/mol. The smallest absolute Gasteiger partial charge is 0.110 e. The molecule has 1 aromatic rings. The molecule has 0 spiro atoms. The van der Waals surface area contributed by atoms with Crippen molar-refractivity contribution < 1.29 is 5.11 Å². The van der Waals surface area contributed by atoms with Gasteiger partial charge in [-0.05, 0) is 6.92 Å². The predicted octanol–water partition coefficient (Wildman–Crippen LogP) is 1.15. The zero-order chi connectivity index (χ0) is 9.68. The summed E-state index contributed by atoms with van der Waals surface area (Å²) in [5.74, 6) is 6.76. The van der Waals surface area contributed by atoms with Crippen molar-refractivity contribution in [3.8, 4) is 11.8 Å². The molecule has 70 valence electrons. The lowest BCUT2D eigenvalue weighted by molar-refractivity contribution is 0.240. The van der Waals surface area contributed by atoms with Crippen LogP contribution in [0.5, 0.6) is 0 Å². The molecule has 0 amide bonds. The molecule has 0 aromatic carbocycles. The summed E-state index contributed by atoms with van der Waals surface area (Å²) >= 11 is 0. The molecule has 0 aliphatic rings. The summed E-state index contributed by atoms with van der Waals surface area (Å²) in [5.41, 5.74) is 0. The molecule has 0 radical (unpaired) electrons. The first-order valence-electron chi connectivity index (χ1n) is 4.32. The Labute approximate surface area is 78.2 Å². The number of imidazole rings is 1. The number of rotatable bonds is 3. The highest BCUT2D eigenvalue weighted by atomic mass is 16.3. The molecule has 2 atom stereocenters. The number of aliphatic hydroxyl groups is 1. The third-order valence-electron chi connectivity index (χ3n) is 2.08. The number of aromatic nitrogens is 2. The van der Waals surface area contributed by atoms with Crippen LogP contribution in [-0.2, 0) is 0 Å². The van der Waals surface area contributed by atoms with Crippen molar-refractivity contribution in [2.24, 2.45) is 5.92 Å². The van der Waals surface area contributed by atoms with E-state index in [1.165, 1.54) is 0 Å². The van der Waals surface area contributed by atoms with Gasteiger partial charge in [-0.1, -0.05) is 12.8 Å². The van der Waals surface area contributed by atoms with E-state index >= 15 is 0 Å². The van der Waals surface area contributed by atoms with E-state index in [-0.39, 0.29) is 18.4 Å². The lowest BCUT2D eigenvalue weighted by Crippen LogP contribution is -2.13. The van der Waals surface area contributed by atoms with Crippen LogP contribution in [0.25, 0.3) is 0 Å². The monoisotopic (exact) mass is 178 g/mol. The van der Waals surface area contributed by atoms with Gasteiger partial charge in [0.15, 0.2) is 0 Å². The van der Waals surface area contributed by atoms with E-state index in [9.17, 15) is 0 Å². The SMILES string of the molecule is CC#C[C@H](CO)[C@H](C)c1ncc[nH]1. The standard InChI is InChI=1S/C10H14N2O/c1-3-4-9(7-13)8(2)10-11-5-6-12-10/h5-6,8-9,13H,7H2,1-2H3,(H,11,12)/t8-,9+/m0/s1. The van der Waals surface area contributed by atoms with Crippen LogP contribution in [0.1, 0.15) is 25.6 Å². The summed E-state index contributed by atoms with van der Waals surface area (Å²) in [4.78, 5) is 7.15. The third kappa shape index (κ3) is 2.33. The molecule has 13 heavy (non-hydrogen) atoms. The Morgan fingerprint density at radius 2 is 2.46 bits per heavy atom. The Morgan fingerprint density at radius 1 is 1.69 bits per heavy atom. The van der Waals surface area contributed by atoms with Gasteiger partial charge in [-0.3, -0.25) is 0 Å². The highest BCUT2D eigenvalue weighted by Gasteiger charge is 2.17. The highest BCUT2D eigenvalue weighted by Crippen LogP contribution is 2.19. The molecular formula is C10H14N2O. The molecule has 0 aliphatic heterocycles. The van der Waals surface area contributed by atoms with Crippen LogP contribution in [0.4, 0.5) is 0 Å². The number of hydrogen-bond acceptors (Lipinski definition) is 2. The van der Waals surface area contributed by atoms with Gasteiger partial charge in [-0.25, -0.2) is 4.98 Å². The Bertz CT molecular complexity index is 294. The zero-order valence-electron chi connectivity index (χ0n) is 7.91. The van der Waals surface area contributed by atoms with Crippen LogP contribution in [0.15, 0.2) is 12.4 Å². The quantitative estimate of drug-likeness (QED) is 0.682. The minimum absolute atomic E-state index is 0.0313. The molecule has 0 bridgehead atoms. The summed E-state index contributed by atoms with van der Waals surface area (Å²) in [7, 11) is 0. The second-order valence-electron chi connectivity index (χ2n) is 2.95. The van der Waals surface area contributed by atoms with E-state index in [0.29, 0.717) is 0 Å². The zero-order valence-corrected chi connectivity index (χ0v) is 7.91. The van der Waals surface area contributed by atoms with Crippen molar-refractivity contribution in [2.45, 2.75) is 19.8 Å². The Balaban J connectivity index is 2.74. The van der Waals surface area contributed by atoms with E-state index in [1.807, 2.05) is 6.92 Å². The van der Waals surface area contributed by atoms with Gasteiger partial charge in [0.2, 0.25) is 0 Å². The van der Waals surface area contributed by atoms with E-state index in [4.69, 9.17) is 5.11 Å². The maximum Gasteiger partial charge on any atom is 0.110 e. The van der Waals surface area contributed by atoms with E-state index < -0.39 is 0 Å². The van der Waals surface area contributed by atoms with Gasteiger partial charge >= 0.3 is 0 Å². The first kappa shape index (κ1) is 9.82. The minimum Gasteiger partial charge on any atom is -0.395 e. The van der Waals surface area contributed by atoms with Gasteiger partial charge in [-0.2, -0.15) is 0 Å². The topological polar surface area (TPSA) is 48.9 Å². The van der Waals surface area contributed by atoms with Gasteiger partial charge < -0.3 is 10.1 Å². The van der Waals surface area contributed by atoms with Gasteiger partial charge in [0.1, 0.15) is 5.82 Å². The first-order chi connectivity index (χ1) is 6.29. The van der Waals surface area contributed by atoms with Crippen molar-refractivity contribution in [2.75, 3.05) is 6.61 Å². The average Bonchev–Trinajstić information content (AvgIpc) is 2.65. The Hall–Kier alpha value is -1.27. The summed E-state index contributed by atoms with van der Waals surface area (Å²) in [6.07, 6.45) is 3.49. The number of aromatic amines is 1. The number of nitrogens with zero attached hydrogens (tertiary/aromatic N) is 1. The summed E-state index contributed by atoms with van der Waals surface area (Å²) < 4.78 is 0. The van der Waals surface area contributed by atoms with E-state index in [2.05, 4.69) is 21.8 Å². The number of hydrogen-bond donors (Lipinski definition) is 2. The van der Waals surface area contributed by atoms with Crippen molar-refractivity contribution in [3.63, 3.8) is 0 Å². The molecule has 1 aromatic heterocycles. The average molecular weight is 178 g/mol. The summed E-state index contributed by atoms with van der Waals surface area (Å²) in [5, 5.41) is 9.08. The van der Waals surface area contributed by atoms with E-state index in [0.717, 1.165) is 5.82 Å². The van der Waals surface area contributed by atoms with Gasteiger partial charge in [0.05, 0.1) is 12.5 Å². The van der Waals surface area contributed by atoms with Crippen molar-refractivity contribution in [1.82, 2.24) is 9.97 Å². The molecule has 0 saturated heterocycles. The second-order valence-corrected chi connectivity index (χ2v) is 2.95. The first-order valence-corrected chi connectivity index (χ1v) is 4.32. The molecule has 2 N–H and O–H groups in total. The van der Waals surface area contributed by atoms with Crippen molar-refractivity contribution in [1.29, 1.82) is 0 Å². The van der Waals surface area contributed by atoms with Crippen LogP contribution < -0.4 is 0 Å². The van der Waals surface area contributed by atoms with Gasteiger partial charge in [0, 0.05) is 18.3 Å². The summed E-state index contributed by atoms with van der Waals surface area (Å²) in [6, 6.07) is 0. The highest BCUT2D eigenvalue weighted by molar-refractivity contribution is 5.10. The second kappa shape index (κ2) is 4.68. The third-order valence-corrected chi connectivity index (χ3v) is 2.08. The molecule has 1 rings (SSSR count). The molecule has 0 aliphatic carbocycles. The number of H-pyrrole nitrogens is 1. The minimum atomic E-state index is -0.0313. The lowest BCUT2D eigenvalue weighted by atomic mass is 9.95. The van der Waals surface area contributed by atoms with Crippen LogP contribution in [-0.4, -0.2) is 21.7 Å². The molecule has 0 unspecified atom stereocenters. The summed E-state index contributed by atoms with van der Waals surface area (Å²) in [6.45, 7) is 3.85. The molecule has 3 heteroatoms. The molecule has 0 fully saturated rings. The van der Waals surface area contributed by atoms with Crippen LogP contribution >= 0.6 is 0 Å². The number of aliphatic hydroxyl groups excluding tert-OH is 1. The van der Waals surface area contributed by atoms with E-state index in [1.54, 1.807) is 19.3 Å². The van der Waals surface area contributed by atoms with Gasteiger partial charge in [0.25, 0.3) is 0 Å². The fourth-order valence-electron chi connectivity index (χ4n) is 1.23. The van der Waals surface area contributed by atoms with Crippen LogP contribution in [0.3, 0.4) is 0 Å². The fourth-order valence-corrected chi connectivity index (χ4v) is 1.23. The Kier molecular flexibility index (Phi) is 3.53. The lowest BCUT2D eigenvalue weighted by Gasteiger charge is -2.13. The Morgan fingerprint density at radius 3 is 2.92 bits per heavy atom. The van der Waals surface area contributed by atoms with Gasteiger partial charge in [-0.15, -0.1) is 5.92 Å².